The Balaban J connectivity index is 1.30. The summed E-state index contributed by atoms with van der Waals surface area (Å²) in [5.74, 6) is 0.691. The molecule has 4 rings (SSSR count). The molecule has 2 bridgehead atoms. The molecule has 2 aliphatic carbocycles. The zero-order valence-corrected chi connectivity index (χ0v) is 18.4. The molecular formula is C24H33NO4S. The predicted octanol–water partition coefficient (Wildman–Crippen LogP) is 4.33. The number of fused-ring (bicyclic) bond motifs is 2. The first-order chi connectivity index (χ1) is 14.5. The van der Waals surface area contributed by atoms with Gasteiger partial charge in [0.2, 0.25) is 5.91 Å². The van der Waals surface area contributed by atoms with Crippen molar-refractivity contribution < 1.29 is 19.8 Å². The predicted molar refractivity (Wildman–Crippen MR) is 119 cm³/mol. The van der Waals surface area contributed by atoms with Gasteiger partial charge in [-0.15, -0.1) is 11.8 Å². The van der Waals surface area contributed by atoms with Crippen LogP contribution in [-0.4, -0.2) is 50.3 Å². The molecule has 1 aromatic carbocycles. The summed E-state index contributed by atoms with van der Waals surface area (Å²) in [7, 11) is 0. The van der Waals surface area contributed by atoms with Crippen LogP contribution in [0.5, 0.6) is 0 Å². The summed E-state index contributed by atoms with van der Waals surface area (Å²) in [5, 5.41) is 20.7. The molecule has 0 aromatic heterocycles. The number of carboxylic acid groups (broad SMARTS) is 1. The largest absolute Gasteiger partial charge is 0.478 e. The fourth-order valence-electron chi connectivity index (χ4n) is 5.85. The van der Waals surface area contributed by atoms with Crippen molar-refractivity contribution in [3.05, 3.63) is 35.4 Å². The first kappa shape index (κ1) is 21.7. The molecule has 1 aromatic rings. The van der Waals surface area contributed by atoms with E-state index >= 15 is 0 Å². The number of aromatic carboxylic acids is 1. The van der Waals surface area contributed by atoms with Crippen LogP contribution in [0.1, 0.15) is 73.7 Å². The molecule has 0 spiro atoms. The van der Waals surface area contributed by atoms with Gasteiger partial charge in [-0.1, -0.05) is 25.0 Å². The third kappa shape index (κ3) is 4.54. The number of aliphatic hydroxyl groups is 1. The van der Waals surface area contributed by atoms with Gasteiger partial charge in [-0.05, 0) is 80.9 Å². The van der Waals surface area contributed by atoms with Crippen LogP contribution in [0.3, 0.4) is 0 Å². The van der Waals surface area contributed by atoms with Crippen LogP contribution < -0.4 is 0 Å². The first-order valence-corrected chi connectivity index (χ1v) is 12.5. The minimum Gasteiger partial charge on any atom is -0.478 e. The fraction of sp³-hybridized carbons (Fsp3) is 0.667. The molecule has 6 heteroatoms. The lowest BCUT2D eigenvalue weighted by Gasteiger charge is -2.50. The Hall–Kier alpha value is -1.53. The lowest BCUT2D eigenvalue weighted by Crippen LogP contribution is -2.52. The number of hydrogen-bond acceptors (Lipinski definition) is 4. The maximum atomic E-state index is 12.5. The molecule has 2 saturated carbocycles. The van der Waals surface area contributed by atoms with Crippen molar-refractivity contribution in [3.8, 4) is 0 Å². The van der Waals surface area contributed by atoms with Gasteiger partial charge in [0.1, 0.15) is 0 Å². The maximum Gasteiger partial charge on any atom is 0.335 e. The van der Waals surface area contributed by atoms with Gasteiger partial charge in [0.15, 0.2) is 0 Å². The van der Waals surface area contributed by atoms with E-state index in [1.807, 2.05) is 17.0 Å². The molecule has 3 aliphatic rings. The van der Waals surface area contributed by atoms with E-state index < -0.39 is 11.6 Å². The Labute approximate surface area is 183 Å². The van der Waals surface area contributed by atoms with Gasteiger partial charge < -0.3 is 15.1 Å². The number of carbonyl (C=O) groups is 2. The van der Waals surface area contributed by atoms with Crippen LogP contribution in [0.4, 0.5) is 0 Å². The van der Waals surface area contributed by atoms with Crippen LogP contribution in [0.2, 0.25) is 0 Å². The number of rotatable bonds is 8. The summed E-state index contributed by atoms with van der Waals surface area (Å²) in [6, 6.07) is 7.07. The zero-order valence-electron chi connectivity index (χ0n) is 17.6. The van der Waals surface area contributed by atoms with Crippen LogP contribution in [0.25, 0.3) is 0 Å². The van der Waals surface area contributed by atoms with Crippen LogP contribution in [0, 0.1) is 11.8 Å². The van der Waals surface area contributed by atoms with Crippen molar-refractivity contribution in [3.63, 3.8) is 0 Å². The SMILES string of the molecule is O=C(O)c1ccc(CCCC2SCC(=O)N2CCC2(O)C3CCCC2CCC3)cc1. The van der Waals surface area contributed by atoms with Gasteiger partial charge in [-0.25, -0.2) is 4.79 Å². The summed E-state index contributed by atoms with van der Waals surface area (Å²) in [6.45, 7) is 0.674. The van der Waals surface area contributed by atoms with Gasteiger partial charge in [-0.3, -0.25) is 4.79 Å². The molecule has 1 aliphatic heterocycles. The van der Waals surface area contributed by atoms with Gasteiger partial charge in [0, 0.05) is 6.54 Å². The lowest BCUT2D eigenvalue weighted by atomic mass is 9.60. The number of benzene rings is 1. The molecule has 1 atom stereocenters. The maximum absolute atomic E-state index is 12.5. The monoisotopic (exact) mass is 431 g/mol. The number of aryl methyl sites for hydroxylation is 1. The molecule has 5 nitrogen and oxygen atoms in total. The number of carboxylic acids is 1. The molecule has 1 unspecified atom stereocenters. The highest BCUT2D eigenvalue weighted by atomic mass is 32.2. The summed E-state index contributed by atoms with van der Waals surface area (Å²) < 4.78 is 0. The molecule has 164 valence electrons. The molecule has 1 heterocycles. The molecular weight excluding hydrogens is 398 g/mol. The number of thioether (sulfide) groups is 1. The zero-order chi connectivity index (χ0) is 21.1. The third-order valence-corrected chi connectivity index (χ3v) is 8.85. The number of carbonyl (C=O) groups excluding carboxylic acids is 1. The van der Waals surface area contributed by atoms with E-state index in [9.17, 15) is 14.7 Å². The van der Waals surface area contributed by atoms with Crippen molar-refractivity contribution in [2.45, 2.75) is 75.2 Å². The Morgan fingerprint density at radius 2 is 1.73 bits per heavy atom. The van der Waals surface area contributed by atoms with E-state index in [4.69, 9.17) is 5.11 Å². The molecule has 0 radical (unpaired) electrons. The van der Waals surface area contributed by atoms with E-state index in [2.05, 4.69) is 0 Å². The fourth-order valence-corrected chi connectivity index (χ4v) is 7.09. The van der Waals surface area contributed by atoms with Crippen LogP contribution in [0.15, 0.2) is 24.3 Å². The highest BCUT2D eigenvalue weighted by molar-refractivity contribution is 8.00. The summed E-state index contributed by atoms with van der Waals surface area (Å²) in [4.78, 5) is 25.5. The van der Waals surface area contributed by atoms with E-state index in [0.717, 1.165) is 56.9 Å². The highest BCUT2D eigenvalue weighted by Crippen LogP contribution is 2.49. The van der Waals surface area contributed by atoms with E-state index in [1.165, 1.54) is 12.8 Å². The normalized spacial score (nSPS) is 31.2. The minimum absolute atomic E-state index is 0.197. The average molecular weight is 432 g/mol. The second kappa shape index (κ2) is 9.31. The van der Waals surface area contributed by atoms with Crippen molar-refractivity contribution in [2.75, 3.05) is 12.3 Å². The Kier molecular flexibility index (Phi) is 6.73. The van der Waals surface area contributed by atoms with Gasteiger partial charge >= 0.3 is 5.97 Å². The molecule has 2 N–H and O–H groups in total. The summed E-state index contributed by atoms with van der Waals surface area (Å²) in [6.07, 6.45) is 10.5. The Morgan fingerprint density at radius 3 is 2.33 bits per heavy atom. The molecule has 30 heavy (non-hydrogen) atoms. The van der Waals surface area contributed by atoms with E-state index in [-0.39, 0.29) is 11.3 Å². The summed E-state index contributed by atoms with van der Waals surface area (Å²) in [5.41, 5.74) is 0.873. The number of amides is 1. The van der Waals surface area contributed by atoms with Crippen LogP contribution in [-0.2, 0) is 11.2 Å². The number of hydrogen-bond donors (Lipinski definition) is 2. The van der Waals surface area contributed by atoms with Crippen molar-refractivity contribution in [2.24, 2.45) is 11.8 Å². The van der Waals surface area contributed by atoms with Gasteiger partial charge in [0.25, 0.3) is 0 Å². The third-order valence-electron chi connectivity index (χ3n) is 7.56. The quantitative estimate of drug-likeness (QED) is 0.641. The Morgan fingerprint density at radius 1 is 1.10 bits per heavy atom. The van der Waals surface area contributed by atoms with Crippen molar-refractivity contribution in [1.29, 1.82) is 0 Å². The van der Waals surface area contributed by atoms with Crippen molar-refractivity contribution >= 4 is 23.6 Å². The minimum atomic E-state index is -0.901. The standard InChI is InChI=1S/C24H33NO4S/c26-21-16-30-22(9-1-4-17-10-12-18(13-11-17)23(27)28)25(21)15-14-24(29)19-5-2-6-20(24)8-3-7-19/h10-13,19-20,22,29H,1-9,14-16H2,(H,27,28). The average Bonchev–Trinajstić information content (AvgIpc) is 3.06. The Bertz CT molecular complexity index is 743. The first-order valence-electron chi connectivity index (χ1n) is 11.4. The second-order valence-electron chi connectivity index (χ2n) is 9.24. The van der Waals surface area contributed by atoms with Gasteiger partial charge in [-0.2, -0.15) is 0 Å². The van der Waals surface area contributed by atoms with Gasteiger partial charge in [0.05, 0.1) is 22.3 Å². The molecule has 1 saturated heterocycles. The highest BCUT2D eigenvalue weighted by Gasteiger charge is 2.48. The second-order valence-corrected chi connectivity index (χ2v) is 10.4. The van der Waals surface area contributed by atoms with Crippen molar-refractivity contribution in [1.82, 2.24) is 4.90 Å². The smallest absolute Gasteiger partial charge is 0.335 e. The lowest BCUT2D eigenvalue weighted by molar-refractivity contribution is -0.137. The molecule has 3 fully saturated rings. The summed E-state index contributed by atoms with van der Waals surface area (Å²) >= 11 is 1.72. The van der Waals surface area contributed by atoms with Crippen LogP contribution >= 0.6 is 11.8 Å². The van der Waals surface area contributed by atoms with E-state index in [1.54, 1.807) is 23.9 Å². The number of nitrogens with zero attached hydrogens (tertiary/aromatic N) is 1. The molecule has 1 amide bonds. The topological polar surface area (TPSA) is 77.8 Å². The van der Waals surface area contributed by atoms with E-state index in [0.29, 0.717) is 29.7 Å².